The van der Waals surface area contributed by atoms with E-state index in [0.717, 1.165) is 16.9 Å². The van der Waals surface area contributed by atoms with Crippen LogP contribution in [0.2, 0.25) is 0 Å². The molecule has 1 atom stereocenters. The smallest absolute Gasteiger partial charge is 0.101 e. The van der Waals surface area contributed by atoms with E-state index >= 15 is 0 Å². The average molecular weight is 235 g/mol. The molecule has 0 aliphatic heterocycles. The molecule has 0 aliphatic rings. The van der Waals surface area contributed by atoms with Crippen LogP contribution in [-0.4, -0.2) is 0 Å². The van der Waals surface area contributed by atoms with Crippen LogP contribution in [0.25, 0.3) is 0 Å². The van der Waals surface area contributed by atoms with Gasteiger partial charge in [-0.3, -0.25) is 0 Å². The lowest BCUT2D eigenvalue weighted by Gasteiger charge is -2.11. The minimum Gasteiger partial charge on any atom is -0.469 e. The number of furan rings is 1. The number of hydrogen-bond acceptors (Lipinski definition) is 1. The summed E-state index contributed by atoms with van der Waals surface area (Å²) in [6, 6.07) is 8.32. The molecule has 2 rings (SSSR count). The molecule has 0 spiro atoms. The predicted molar refractivity (Wildman–Crippen MR) is 67.1 cm³/mol. The van der Waals surface area contributed by atoms with E-state index in [1.54, 1.807) is 6.26 Å². The summed E-state index contributed by atoms with van der Waals surface area (Å²) in [5.41, 5.74) is 4.62. The lowest BCUT2D eigenvalue weighted by molar-refractivity contribution is 0.532. The third-order valence-electron chi connectivity index (χ3n) is 2.75. The summed E-state index contributed by atoms with van der Waals surface area (Å²) in [6.45, 7) is 6.08. The molecule has 1 nitrogen and oxygen atoms in total. The summed E-state index contributed by atoms with van der Waals surface area (Å²) in [6.07, 6.45) is 1.73. The molecule has 1 aromatic heterocycles. The SMILES string of the molecule is Cc1ccc(C)c(C(Cl)c2coc(C)c2)c1. The van der Waals surface area contributed by atoms with Crippen LogP contribution in [-0.2, 0) is 0 Å². The van der Waals surface area contributed by atoms with Gasteiger partial charge in [-0.15, -0.1) is 11.6 Å². The highest BCUT2D eigenvalue weighted by Gasteiger charge is 2.15. The first-order valence-electron chi connectivity index (χ1n) is 5.34. The van der Waals surface area contributed by atoms with E-state index in [-0.39, 0.29) is 5.38 Å². The zero-order valence-electron chi connectivity index (χ0n) is 9.75. The molecule has 1 unspecified atom stereocenters. The number of rotatable bonds is 2. The summed E-state index contributed by atoms with van der Waals surface area (Å²) in [4.78, 5) is 0. The lowest BCUT2D eigenvalue weighted by Crippen LogP contribution is -1.95. The molecule has 16 heavy (non-hydrogen) atoms. The normalized spacial score (nSPS) is 12.8. The number of benzene rings is 1. The Morgan fingerprint density at radius 1 is 1.12 bits per heavy atom. The minimum absolute atomic E-state index is 0.127. The monoisotopic (exact) mass is 234 g/mol. The van der Waals surface area contributed by atoms with Gasteiger partial charge in [0.25, 0.3) is 0 Å². The van der Waals surface area contributed by atoms with Gasteiger partial charge in [-0.25, -0.2) is 0 Å². The van der Waals surface area contributed by atoms with Crippen LogP contribution in [0.5, 0.6) is 0 Å². The Balaban J connectivity index is 2.40. The topological polar surface area (TPSA) is 13.1 Å². The molecule has 0 amide bonds. The fourth-order valence-corrected chi connectivity index (χ4v) is 2.16. The van der Waals surface area contributed by atoms with Crippen LogP contribution < -0.4 is 0 Å². The molecule has 1 aromatic carbocycles. The second kappa shape index (κ2) is 4.34. The first-order valence-corrected chi connectivity index (χ1v) is 5.78. The Hall–Kier alpha value is -1.21. The molecule has 1 heterocycles. The molecule has 0 N–H and O–H groups in total. The molecule has 0 bridgehead atoms. The lowest BCUT2D eigenvalue weighted by atomic mass is 9.99. The Labute approximate surface area is 101 Å². The van der Waals surface area contributed by atoms with Crippen molar-refractivity contribution in [3.8, 4) is 0 Å². The number of alkyl halides is 1. The van der Waals surface area contributed by atoms with Gasteiger partial charge in [0.1, 0.15) is 5.76 Å². The third-order valence-corrected chi connectivity index (χ3v) is 3.24. The molecule has 0 saturated carbocycles. The highest BCUT2D eigenvalue weighted by Crippen LogP contribution is 2.32. The highest BCUT2D eigenvalue weighted by molar-refractivity contribution is 6.22. The Morgan fingerprint density at radius 2 is 1.88 bits per heavy atom. The van der Waals surface area contributed by atoms with Gasteiger partial charge in [0.05, 0.1) is 11.6 Å². The zero-order chi connectivity index (χ0) is 11.7. The quantitative estimate of drug-likeness (QED) is 0.696. The maximum atomic E-state index is 6.46. The van der Waals surface area contributed by atoms with Gasteiger partial charge in [-0.05, 0) is 38.0 Å². The van der Waals surface area contributed by atoms with Crippen molar-refractivity contribution in [2.75, 3.05) is 0 Å². The third kappa shape index (κ3) is 2.14. The number of aryl methyl sites for hydroxylation is 3. The fraction of sp³-hybridized carbons (Fsp3) is 0.286. The van der Waals surface area contributed by atoms with Crippen LogP contribution in [0.3, 0.4) is 0 Å². The van der Waals surface area contributed by atoms with Gasteiger partial charge in [0.15, 0.2) is 0 Å². The van der Waals surface area contributed by atoms with Crippen LogP contribution in [0.15, 0.2) is 34.9 Å². The first kappa shape index (κ1) is 11.3. The van der Waals surface area contributed by atoms with Crippen LogP contribution in [0.4, 0.5) is 0 Å². The van der Waals surface area contributed by atoms with Crippen molar-refractivity contribution in [3.05, 3.63) is 58.5 Å². The standard InChI is InChI=1S/C14H15ClO/c1-9-4-5-10(2)13(6-9)14(15)12-7-11(3)16-8-12/h4-8,14H,1-3H3. The van der Waals surface area contributed by atoms with Crippen LogP contribution >= 0.6 is 11.6 Å². The maximum absolute atomic E-state index is 6.46. The van der Waals surface area contributed by atoms with Crippen molar-refractivity contribution in [1.82, 2.24) is 0 Å². The van der Waals surface area contributed by atoms with Gasteiger partial charge < -0.3 is 4.42 Å². The van der Waals surface area contributed by atoms with Crippen molar-refractivity contribution >= 4 is 11.6 Å². The Bertz CT molecular complexity index is 499. The number of halogens is 1. The highest BCUT2D eigenvalue weighted by atomic mass is 35.5. The van der Waals surface area contributed by atoms with Gasteiger partial charge in [-0.1, -0.05) is 23.8 Å². The average Bonchev–Trinajstić information content (AvgIpc) is 2.67. The van der Waals surface area contributed by atoms with Crippen molar-refractivity contribution in [2.45, 2.75) is 26.1 Å². The molecule has 0 aliphatic carbocycles. The summed E-state index contributed by atoms with van der Waals surface area (Å²) in [5, 5.41) is -0.127. The van der Waals surface area contributed by atoms with E-state index in [2.05, 4.69) is 32.0 Å². The molecule has 0 fully saturated rings. The summed E-state index contributed by atoms with van der Waals surface area (Å²) >= 11 is 6.46. The number of hydrogen-bond donors (Lipinski definition) is 0. The molecular formula is C14H15ClO. The predicted octanol–water partition coefficient (Wildman–Crippen LogP) is 4.53. The van der Waals surface area contributed by atoms with E-state index in [0.29, 0.717) is 0 Å². The van der Waals surface area contributed by atoms with E-state index in [9.17, 15) is 0 Å². The van der Waals surface area contributed by atoms with Crippen molar-refractivity contribution < 1.29 is 4.42 Å². The maximum Gasteiger partial charge on any atom is 0.101 e. The van der Waals surface area contributed by atoms with E-state index in [1.165, 1.54) is 11.1 Å². The van der Waals surface area contributed by atoms with Gasteiger partial charge in [-0.2, -0.15) is 0 Å². The van der Waals surface area contributed by atoms with E-state index < -0.39 is 0 Å². The van der Waals surface area contributed by atoms with Crippen molar-refractivity contribution in [2.24, 2.45) is 0 Å². The Morgan fingerprint density at radius 3 is 2.50 bits per heavy atom. The van der Waals surface area contributed by atoms with Crippen LogP contribution in [0.1, 0.15) is 33.4 Å². The fourth-order valence-electron chi connectivity index (χ4n) is 1.81. The van der Waals surface area contributed by atoms with Crippen molar-refractivity contribution in [3.63, 3.8) is 0 Å². The second-order valence-electron chi connectivity index (χ2n) is 4.21. The minimum atomic E-state index is -0.127. The molecular weight excluding hydrogens is 220 g/mol. The molecule has 0 saturated heterocycles. The van der Waals surface area contributed by atoms with Crippen molar-refractivity contribution in [1.29, 1.82) is 0 Å². The summed E-state index contributed by atoms with van der Waals surface area (Å²) < 4.78 is 5.29. The Kier molecular flexibility index (Phi) is 3.06. The summed E-state index contributed by atoms with van der Waals surface area (Å²) in [5.74, 6) is 0.894. The molecule has 84 valence electrons. The first-order chi connectivity index (χ1) is 7.58. The van der Waals surface area contributed by atoms with E-state index in [1.807, 2.05) is 13.0 Å². The summed E-state index contributed by atoms with van der Waals surface area (Å²) in [7, 11) is 0. The van der Waals surface area contributed by atoms with Crippen LogP contribution in [0, 0.1) is 20.8 Å². The van der Waals surface area contributed by atoms with Gasteiger partial charge >= 0.3 is 0 Å². The molecule has 2 aromatic rings. The zero-order valence-corrected chi connectivity index (χ0v) is 10.5. The second-order valence-corrected chi connectivity index (χ2v) is 4.65. The van der Waals surface area contributed by atoms with Gasteiger partial charge in [0, 0.05) is 5.56 Å². The molecule has 0 radical (unpaired) electrons. The van der Waals surface area contributed by atoms with Gasteiger partial charge in [0.2, 0.25) is 0 Å². The largest absolute Gasteiger partial charge is 0.469 e. The molecule has 2 heteroatoms. The van der Waals surface area contributed by atoms with E-state index in [4.69, 9.17) is 16.0 Å².